The number of hydrogen-bond donors (Lipinski definition) is 2. The molecular formula is C20H27N3O2. The third-order valence-electron chi connectivity index (χ3n) is 6.24. The molecule has 1 saturated carbocycles. The van der Waals surface area contributed by atoms with E-state index in [1.54, 1.807) is 0 Å². The van der Waals surface area contributed by atoms with Crippen LogP contribution in [-0.4, -0.2) is 31.4 Å². The van der Waals surface area contributed by atoms with Gasteiger partial charge in [-0.3, -0.25) is 9.59 Å². The average molecular weight is 341 g/mol. The van der Waals surface area contributed by atoms with Crippen molar-refractivity contribution in [2.75, 3.05) is 24.5 Å². The molecule has 1 spiro atoms. The second-order valence-corrected chi connectivity index (χ2v) is 7.84. The number of benzene rings is 1. The first-order valence-corrected chi connectivity index (χ1v) is 9.50. The first-order chi connectivity index (χ1) is 12.1. The second-order valence-electron chi connectivity index (χ2n) is 7.84. The van der Waals surface area contributed by atoms with Gasteiger partial charge in [0, 0.05) is 24.6 Å². The number of rotatable bonds is 4. The van der Waals surface area contributed by atoms with E-state index in [0.29, 0.717) is 6.42 Å². The highest BCUT2D eigenvalue weighted by Gasteiger charge is 2.57. The van der Waals surface area contributed by atoms with E-state index < -0.39 is 0 Å². The van der Waals surface area contributed by atoms with Crippen LogP contribution in [0.15, 0.2) is 24.3 Å². The van der Waals surface area contributed by atoms with Gasteiger partial charge in [0.05, 0.1) is 6.04 Å². The minimum atomic E-state index is -0.00445. The normalized spacial score (nSPS) is 25.9. The summed E-state index contributed by atoms with van der Waals surface area (Å²) in [6.07, 6.45) is 4.87. The summed E-state index contributed by atoms with van der Waals surface area (Å²) < 4.78 is 0. The van der Waals surface area contributed by atoms with E-state index in [9.17, 15) is 9.59 Å². The van der Waals surface area contributed by atoms with E-state index in [2.05, 4.69) is 10.6 Å². The zero-order valence-electron chi connectivity index (χ0n) is 14.9. The molecule has 5 heteroatoms. The molecule has 134 valence electrons. The second kappa shape index (κ2) is 6.45. The van der Waals surface area contributed by atoms with Crippen molar-refractivity contribution in [2.45, 2.75) is 45.1 Å². The lowest BCUT2D eigenvalue weighted by Crippen LogP contribution is -2.34. The highest BCUT2D eigenvalue weighted by molar-refractivity contribution is 5.95. The first-order valence-electron chi connectivity index (χ1n) is 9.50. The van der Waals surface area contributed by atoms with Crippen molar-refractivity contribution >= 4 is 17.5 Å². The van der Waals surface area contributed by atoms with Gasteiger partial charge in [-0.2, -0.15) is 0 Å². The molecular weight excluding hydrogens is 314 g/mol. The molecule has 2 amide bonds. The van der Waals surface area contributed by atoms with Crippen molar-refractivity contribution in [1.29, 1.82) is 0 Å². The molecule has 0 aromatic heterocycles. The van der Waals surface area contributed by atoms with Gasteiger partial charge in [0.25, 0.3) is 0 Å². The standard InChI is InChI=1S/C20H27N3O2/c1-14(22-19(25)17-13-20(17)8-10-21-11-9-20)15-4-6-16(7-5-15)23-12-2-3-18(23)24/h4-7,14,17,21H,2-3,8-13H2,1H3,(H,22,25). The van der Waals surface area contributed by atoms with Crippen LogP contribution < -0.4 is 15.5 Å². The Kier molecular flexibility index (Phi) is 4.28. The fourth-order valence-corrected chi connectivity index (χ4v) is 4.46. The Morgan fingerprint density at radius 3 is 2.64 bits per heavy atom. The molecule has 0 radical (unpaired) electrons. The van der Waals surface area contributed by atoms with Crippen LogP contribution >= 0.6 is 0 Å². The van der Waals surface area contributed by atoms with Crippen LogP contribution in [0.2, 0.25) is 0 Å². The predicted octanol–water partition coefficient (Wildman–Crippen LogP) is 2.38. The molecule has 5 nitrogen and oxygen atoms in total. The molecule has 2 saturated heterocycles. The Labute approximate surface area is 149 Å². The zero-order valence-corrected chi connectivity index (χ0v) is 14.9. The number of amides is 2. The fourth-order valence-electron chi connectivity index (χ4n) is 4.46. The molecule has 3 aliphatic rings. The van der Waals surface area contributed by atoms with E-state index in [0.717, 1.165) is 56.6 Å². The Bertz CT molecular complexity index is 664. The maximum absolute atomic E-state index is 12.6. The number of carbonyl (C=O) groups is 2. The number of anilines is 1. The van der Waals surface area contributed by atoms with Crippen molar-refractivity contribution < 1.29 is 9.59 Å². The van der Waals surface area contributed by atoms with Gasteiger partial charge in [0.1, 0.15) is 0 Å². The van der Waals surface area contributed by atoms with Crippen LogP contribution in [0.5, 0.6) is 0 Å². The number of piperidine rings is 1. The van der Waals surface area contributed by atoms with Crippen LogP contribution in [0.25, 0.3) is 0 Å². The number of nitrogens with zero attached hydrogens (tertiary/aromatic N) is 1. The van der Waals surface area contributed by atoms with Gasteiger partial charge in [0.2, 0.25) is 11.8 Å². The lowest BCUT2D eigenvalue weighted by molar-refractivity contribution is -0.124. The van der Waals surface area contributed by atoms with Crippen LogP contribution in [0.1, 0.15) is 50.6 Å². The molecule has 1 aliphatic carbocycles. The van der Waals surface area contributed by atoms with Crippen molar-refractivity contribution in [2.24, 2.45) is 11.3 Å². The smallest absolute Gasteiger partial charge is 0.227 e. The van der Waals surface area contributed by atoms with Gasteiger partial charge < -0.3 is 15.5 Å². The van der Waals surface area contributed by atoms with Crippen LogP contribution in [0.3, 0.4) is 0 Å². The molecule has 2 unspecified atom stereocenters. The predicted molar refractivity (Wildman–Crippen MR) is 97.2 cm³/mol. The minimum absolute atomic E-state index is 0.00445. The van der Waals surface area contributed by atoms with Gasteiger partial charge in [-0.25, -0.2) is 0 Å². The Hall–Kier alpha value is -1.88. The summed E-state index contributed by atoms with van der Waals surface area (Å²) in [6, 6.07) is 8.03. The van der Waals surface area contributed by atoms with E-state index in [1.165, 1.54) is 0 Å². The molecule has 2 N–H and O–H groups in total. The molecule has 4 rings (SSSR count). The van der Waals surface area contributed by atoms with Gasteiger partial charge in [0.15, 0.2) is 0 Å². The summed E-state index contributed by atoms with van der Waals surface area (Å²) in [5.74, 6) is 0.599. The van der Waals surface area contributed by atoms with E-state index in [4.69, 9.17) is 0 Å². The van der Waals surface area contributed by atoms with Gasteiger partial charge in [-0.05, 0) is 68.8 Å². The highest BCUT2D eigenvalue weighted by atomic mass is 16.2. The lowest BCUT2D eigenvalue weighted by Gasteiger charge is -2.24. The maximum Gasteiger partial charge on any atom is 0.227 e. The Morgan fingerprint density at radius 2 is 2.00 bits per heavy atom. The van der Waals surface area contributed by atoms with E-state index in [-0.39, 0.29) is 29.2 Å². The fraction of sp³-hybridized carbons (Fsp3) is 0.600. The number of hydrogen-bond acceptors (Lipinski definition) is 3. The molecule has 2 heterocycles. The summed E-state index contributed by atoms with van der Waals surface area (Å²) in [5.41, 5.74) is 2.32. The summed E-state index contributed by atoms with van der Waals surface area (Å²) in [6.45, 7) is 4.92. The van der Waals surface area contributed by atoms with Gasteiger partial charge in [-0.15, -0.1) is 0 Å². The third-order valence-corrected chi connectivity index (χ3v) is 6.24. The summed E-state index contributed by atoms with van der Waals surface area (Å²) >= 11 is 0. The van der Waals surface area contributed by atoms with Crippen LogP contribution in [-0.2, 0) is 9.59 Å². The Morgan fingerprint density at radius 1 is 1.28 bits per heavy atom. The molecule has 2 aliphatic heterocycles. The monoisotopic (exact) mass is 341 g/mol. The van der Waals surface area contributed by atoms with Crippen LogP contribution in [0.4, 0.5) is 5.69 Å². The molecule has 2 atom stereocenters. The van der Waals surface area contributed by atoms with Crippen molar-refractivity contribution in [1.82, 2.24) is 10.6 Å². The molecule has 3 fully saturated rings. The third kappa shape index (κ3) is 3.17. The first kappa shape index (κ1) is 16.6. The lowest BCUT2D eigenvalue weighted by atomic mass is 9.91. The summed E-state index contributed by atoms with van der Waals surface area (Å²) in [4.78, 5) is 26.3. The molecule has 1 aromatic carbocycles. The quantitative estimate of drug-likeness (QED) is 0.884. The average Bonchev–Trinajstić information content (AvgIpc) is 3.14. The van der Waals surface area contributed by atoms with Crippen LogP contribution in [0, 0.1) is 11.3 Å². The maximum atomic E-state index is 12.6. The van der Waals surface area contributed by atoms with Crippen molar-refractivity contribution in [3.05, 3.63) is 29.8 Å². The largest absolute Gasteiger partial charge is 0.349 e. The summed E-state index contributed by atoms with van der Waals surface area (Å²) in [7, 11) is 0. The Balaban J connectivity index is 1.35. The number of nitrogens with one attached hydrogen (secondary N) is 2. The van der Waals surface area contributed by atoms with Crippen molar-refractivity contribution in [3.8, 4) is 0 Å². The number of carbonyl (C=O) groups excluding carboxylic acids is 2. The van der Waals surface area contributed by atoms with Gasteiger partial charge in [-0.1, -0.05) is 12.1 Å². The minimum Gasteiger partial charge on any atom is -0.349 e. The molecule has 25 heavy (non-hydrogen) atoms. The SMILES string of the molecule is CC(NC(=O)C1CC12CCNCC2)c1ccc(N2CCCC2=O)cc1. The van der Waals surface area contributed by atoms with Gasteiger partial charge >= 0.3 is 0 Å². The zero-order chi connectivity index (χ0) is 17.4. The van der Waals surface area contributed by atoms with E-state index in [1.807, 2.05) is 36.1 Å². The molecule has 0 bridgehead atoms. The van der Waals surface area contributed by atoms with Crippen molar-refractivity contribution in [3.63, 3.8) is 0 Å². The summed E-state index contributed by atoms with van der Waals surface area (Å²) in [5, 5.41) is 6.57. The molecule has 1 aromatic rings. The highest BCUT2D eigenvalue weighted by Crippen LogP contribution is 2.58. The topological polar surface area (TPSA) is 61.4 Å². The van der Waals surface area contributed by atoms with E-state index >= 15 is 0 Å².